The molecule has 0 saturated heterocycles. The Bertz CT molecular complexity index is 1490. The monoisotopic (exact) mass is 409 g/mol. The van der Waals surface area contributed by atoms with Gasteiger partial charge in [-0.3, -0.25) is 19.6 Å². The summed E-state index contributed by atoms with van der Waals surface area (Å²) in [6.45, 7) is 2.58. The highest BCUT2D eigenvalue weighted by atomic mass is 17.2. The van der Waals surface area contributed by atoms with Crippen LogP contribution in [0.1, 0.15) is 19.8 Å². The molecule has 1 aliphatic rings. The summed E-state index contributed by atoms with van der Waals surface area (Å²) in [6.07, 6.45) is 6.34. The van der Waals surface area contributed by atoms with Gasteiger partial charge in [-0.05, 0) is 6.42 Å². The van der Waals surface area contributed by atoms with Crippen LogP contribution in [0, 0.1) is 0 Å². The fourth-order valence-corrected chi connectivity index (χ4v) is 3.71. The van der Waals surface area contributed by atoms with E-state index in [1.165, 1.54) is 26.7 Å². The Hall–Kier alpha value is -3.82. The molecule has 4 aromatic heterocycles. The van der Waals surface area contributed by atoms with Crippen LogP contribution in [0.4, 0.5) is 0 Å². The Morgan fingerprint density at radius 3 is 2.67 bits per heavy atom. The number of rotatable bonds is 5. The number of unbranched alkanes of at least 4 members (excludes halogenated alkanes) is 1. The van der Waals surface area contributed by atoms with E-state index in [1.807, 2.05) is 0 Å². The Morgan fingerprint density at radius 1 is 1.07 bits per heavy atom. The van der Waals surface area contributed by atoms with Crippen molar-refractivity contribution >= 4 is 45.8 Å². The second-order valence-electron chi connectivity index (χ2n) is 6.87. The molecular formula is C20H19N5O5. The van der Waals surface area contributed by atoms with Crippen LogP contribution in [0.5, 0.6) is 11.6 Å². The third-order valence-corrected chi connectivity index (χ3v) is 5.15. The summed E-state index contributed by atoms with van der Waals surface area (Å²) in [5.41, 5.74) is 2.42. The van der Waals surface area contributed by atoms with Crippen molar-refractivity contribution in [3.63, 3.8) is 0 Å². The number of pyridine rings is 2. The lowest BCUT2D eigenvalue weighted by atomic mass is 10.2. The summed E-state index contributed by atoms with van der Waals surface area (Å²) >= 11 is 0. The quantitative estimate of drug-likeness (QED) is 0.385. The highest BCUT2D eigenvalue weighted by Gasteiger charge is 2.21. The van der Waals surface area contributed by atoms with Crippen molar-refractivity contribution in [2.24, 2.45) is 0 Å². The van der Waals surface area contributed by atoms with Crippen LogP contribution in [-0.4, -0.2) is 38.7 Å². The molecule has 0 amide bonds. The maximum absolute atomic E-state index is 13.5. The number of nitrogens with one attached hydrogen (secondary N) is 1. The molecule has 0 aliphatic carbocycles. The molecule has 0 radical (unpaired) electrons. The molecule has 0 aromatic carbocycles. The van der Waals surface area contributed by atoms with E-state index in [0.29, 0.717) is 51.1 Å². The van der Waals surface area contributed by atoms with Crippen LogP contribution in [0.2, 0.25) is 0 Å². The number of aromatic amines is 1. The van der Waals surface area contributed by atoms with Crippen molar-refractivity contribution in [1.82, 2.24) is 24.5 Å². The van der Waals surface area contributed by atoms with Crippen LogP contribution in [0.15, 0.2) is 11.0 Å². The van der Waals surface area contributed by atoms with E-state index in [4.69, 9.17) is 19.2 Å². The van der Waals surface area contributed by atoms with Gasteiger partial charge >= 0.3 is 0 Å². The van der Waals surface area contributed by atoms with Crippen LogP contribution in [-0.2, 0) is 16.3 Å². The Labute approximate surface area is 169 Å². The highest BCUT2D eigenvalue weighted by molar-refractivity contribution is 6.02. The first-order valence-electron chi connectivity index (χ1n) is 9.53. The fourth-order valence-electron chi connectivity index (χ4n) is 3.71. The van der Waals surface area contributed by atoms with Gasteiger partial charge < -0.3 is 19.0 Å². The maximum Gasteiger partial charge on any atom is 0.279 e. The number of H-pyrrole nitrogens is 1. The van der Waals surface area contributed by atoms with E-state index in [9.17, 15) is 4.79 Å². The van der Waals surface area contributed by atoms with Gasteiger partial charge in [-0.25, -0.2) is 9.97 Å². The molecule has 30 heavy (non-hydrogen) atoms. The van der Waals surface area contributed by atoms with Crippen molar-refractivity contribution < 1.29 is 19.2 Å². The minimum Gasteiger partial charge on any atom is -0.490 e. The lowest BCUT2D eigenvalue weighted by molar-refractivity contribution is -0.151. The lowest BCUT2D eigenvalue weighted by Crippen LogP contribution is -2.35. The standard InChI is InChI=1S/C20H19N5O5/c1-4-5-6-25-16-11-9-30-29-8-10(11)7-21-13(16)12-14(20(25)26)22-15-17(27-2)19(28-3)24-18(15)23-12/h7-9H,4-6H2,1-3H3,(H,23,24). The Morgan fingerprint density at radius 2 is 1.90 bits per heavy atom. The summed E-state index contributed by atoms with van der Waals surface area (Å²) in [6, 6.07) is 0. The van der Waals surface area contributed by atoms with E-state index in [-0.39, 0.29) is 11.1 Å². The molecule has 1 N–H and O–H groups in total. The molecule has 154 valence electrons. The summed E-state index contributed by atoms with van der Waals surface area (Å²) in [5, 5.41) is 1.43. The van der Waals surface area contributed by atoms with Crippen molar-refractivity contribution in [2.45, 2.75) is 26.3 Å². The van der Waals surface area contributed by atoms with Crippen molar-refractivity contribution in [2.75, 3.05) is 14.2 Å². The van der Waals surface area contributed by atoms with Gasteiger partial charge in [-0.15, -0.1) is 0 Å². The van der Waals surface area contributed by atoms with Gasteiger partial charge in [0.2, 0.25) is 11.6 Å². The molecule has 0 bridgehead atoms. The first-order valence-corrected chi connectivity index (χ1v) is 9.53. The van der Waals surface area contributed by atoms with Gasteiger partial charge in [0, 0.05) is 18.0 Å². The molecule has 0 spiro atoms. The number of aryl methyl sites for hydroxylation is 1. The van der Waals surface area contributed by atoms with Gasteiger partial charge in [0.25, 0.3) is 5.56 Å². The molecule has 0 atom stereocenters. The zero-order valence-corrected chi connectivity index (χ0v) is 16.7. The van der Waals surface area contributed by atoms with Gasteiger partial charge in [0.1, 0.15) is 11.0 Å². The minimum absolute atomic E-state index is 0.218. The van der Waals surface area contributed by atoms with Crippen molar-refractivity contribution in [3.8, 4) is 11.6 Å². The summed E-state index contributed by atoms with van der Waals surface area (Å²) in [5.74, 6) is 0.783. The van der Waals surface area contributed by atoms with E-state index in [2.05, 4.69) is 26.9 Å². The number of methoxy groups -OCH3 is 2. The molecule has 5 rings (SSSR count). The average molecular weight is 409 g/mol. The zero-order chi connectivity index (χ0) is 20.8. The molecule has 5 heterocycles. The largest absolute Gasteiger partial charge is 0.490 e. The SMILES string of the molecule is CCCCn1c(=O)c2nc3c(OC)c(OC)[nH]c3nc2c2ncc3c(c21)=COOC=3. The van der Waals surface area contributed by atoms with Crippen LogP contribution in [0.3, 0.4) is 0 Å². The Kier molecular flexibility index (Phi) is 4.19. The van der Waals surface area contributed by atoms with E-state index < -0.39 is 0 Å². The number of nitrogens with zero attached hydrogens (tertiary/aromatic N) is 4. The normalized spacial score (nSPS) is 12.8. The smallest absolute Gasteiger partial charge is 0.279 e. The van der Waals surface area contributed by atoms with E-state index >= 15 is 0 Å². The summed E-state index contributed by atoms with van der Waals surface area (Å²) < 4.78 is 12.4. The number of fused-ring (bicyclic) bond motifs is 6. The number of aromatic nitrogens is 5. The second kappa shape index (κ2) is 6.90. The van der Waals surface area contributed by atoms with Crippen molar-refractivity contribution in [3.05, 3.63) is 27.0 Å². The van der Waals surface area contributed by atoms with Crippen molar-refractivity contribution in [1.29, 1.82) is 0 Å². The minimum atomic E-state index is -0.252. The second-order valence-corrected chi connectivity index (χ2v) is 6.87. The molecule has 0 saturated carbocycles. The van der Waals surface area contributed by atoms with E-state index in [0.717, 1.165) is 18.1 Å². The fraction of sp³-hybridized carbons (Fsp3) is 0.300. The van der Waals surface area contributed by atoms with E-state index in [1.54, 1.807) is 10.8 Å². The predicted octanol–water partition coefficient (Wildman–Crippen LogP) is 1.08. The molecule has 4 aromatic rings. The molecule has 10 heteroatoms. The Balaban J connectivity index is 1.99. The first kappa shape index (κ1) is 18.2. The first-order chi connectivity index (χ1) is 14.7. The number of hydrogen-bond acceptors (Lipinski definition) is 8. The van der Waals surface area contributed by atoms with Gasteiger partial charge in [0.15, 0.2) is 29.2 Å². The molecule has 10 nitrogen and oxygen atoms in total. The summed E-state index contributed by atoms with van der Waals surface area (Å²) in [4.78, 5) is 40.3. The third-order valence-electron chi connectivity index (χ3n) is 5.15. The molecule has 1 aliphatic heterocycles. The van der Waals surface area contributed by atoms with Gasteiger partial charge in [-0.2, -0.15) is 0 Å². The molecular weight excluding hydrogens is 390 g/mol. The van der Waals surface area contributed by atoms with Gasteiger partial charge in [0.05, 0.1) is 25.0 Å². The predicted molar refractivity (Wildman–Crippen MR) is 109 cm³/mol. The average Bonchev–Trinajstić information content (AvgIpc) is 3.14. The highest BCUT2D eigenvalue weighted by Crippen LogP contribution is 2.34. The number of hydrogen-bond donors (Lipinski definition) is 1. The topological polar surface area (TPSA) is 113 Å². The molecule has 0 fully saturated rings. The third kappa shape index (κ3) is 2.49. The summed E-state index contributed by atoms with van der Waals surface area (Å²) in [7, 11) is 3.03. The van der Waals surface area contributed by atoms with Crippen LogP contribution < -0.4 is 25.5 Å². The number of ether oxygens (including phenoxy) is 2. The zero-order valence-electron chi connectivity index (χ0n) is 16.7. The van der Waals surface area contributed by atoms with Gasteiger partial charge in [-0.1, -0.05) is 13.3 Å². The molecule has 0 unspecified atom stereocenters. The lowest BCUT2D eigenvalue weighted by Gasteiger charge is -2.13. The maximum atomic E-state index is 13.5. The van der Waals surface area contributed by atoms with Crippen LogP contribution >= 0.6 is 0 Å². The van der Waals surface area contributed by atoms with Crippen LogP contribution in [0.25, 0.3) is 45.8 Å².